The van der Waals surface area contributed by atoms with Crippen LogP contribution in [0.4, 0.5) is 4.39 Å². The molecule has 0 unspecified atom stereocenters. The maximum absolute atomic E-state index is 13.9. The van der Waals surface area contributed by atoms with Crippen LogP contribution in [0.3, 0.4) is 0 Å². The molecule has 1 aromatic heterocycles. The number of amides is 2. The Hall–Kier alpha value is -3.47. The third-order valence-electron chi connectivity index (χ3n) is 6.96. The fourth-order valence-corrected chi connectivity index (χ4v) is 5.53. The Kier molecular flexibility index (Phi) is 8.75. The van der Waals surface area contributed by atoms with Crippen LogP contribution < -0.4 is 9.47 Å². The molecule has 206 valence electrons. The number of hydrogen-bond acceptors (Lipinski definition) is 7. The van der Waals surface area contributed by atoms with Gasteiger partial charge in [-0.2, -0.15) is 0 Å². The molecule has 8 nitrogen and oxygen atoms in total. The first-order valence-electron chi connectivity index (χ1n) is 13.0. The third kappa shape index (κ3) is 6.95. The van der Waals surface area contributed by atoms with Crippen molar-refractivity contribution in [1.29, 1.82) is 0 Å². The Morgan fingerprint density at radius 1 is 0.974 bits per heavy atom. The number of benzene rings is 2. The molecular weight excluding hydrogens is 521 g/mol. The maximum atomic E-state index is 13.9. The number of nitrogens with zero attached hydrogens (tertiary/aromatic N) is 3. The van der Waals surface area contributed by atoms with Gasteiger partial charge in [0.2, 0.25) is 12.7 Å². The molecule has 0 saturated carbocycles. The van der Waals surface area contributed by atoms with E-state index in [1.165, 1.54) is 24.3 Å². The molecule has 5 rings (SSSR count). The molecule has 2 aliphatic heterocycles. The number of carbonyl (C=O) groups excluding carboxylic acids is 2. The summed E-state index contributed by atoms with van der Waals surface area (Å²) in [5, 5.41) is 2.01. The summed E-state index contributed by atoms with van der Waals surface area (Å²) in [6.07, 6.45) is 0. The van der Waals surface area contributed by atoms with E-state index in [1.54, 1.807) is 21.1 Å². The van der Waals surface area contributed by atoms with Gasteiger partial charge >= 0.3 is 0 Å². The Labute approximate surface area is 231 Å². The second-order valence-corrected chi connectivity index (χ2v) is 10.7. The summed E-state index contributed by atoms with van der Waals surface area (Å²) in [5.41, 5.74) is 2.38. The molecule has 0 aliphatic carbocycles. The fraction of sp³-hybridized carbons (Fsp3) is 0.379. The zero-order valence-electron chi connectivity index (χ0n) is 21.9. The van der Waals surface area contributed by atoms with E-state index in [2.05, 4.69) is 4.90 Å². The summed E-state index contributed by atoms with van der Waals surface area (Å²) in [7, 11) is 0. The molecule has 2 amide bonds. The van der Waals surface area contributed by atoms with E-state index >= 15 is 0 Å². The highest BCUT2D eigenvalue weighted by Gasteiger charge is 2.25. The van der Waals surface area contributed by atoms with Gasteiger partial charge in [-0.3, -0.25) is 14.5 Å². The first-order chi connectivity index (χ1) is 19.0. The molecule has 2 aromatic carbocycles. The van der Waals surface area contributed by atoms with Crippen LogP contribution in [-0.4, -0.2) is 79.2 Å². The van der Waals surface area contributed by atoms with E-state index in [-0.39, 0.29) is 25.2 Å². The molecule has 0 radical (unpaired) electrons. The van der Waals surface area contributed by atoms with E-state index in [0.29, 0.717) is 56.5 Å². The lowest BCUT2D eigenvalue weighted by Gasteiger charge is -2.31. The number of thiophene rings is 1. The molecule has 2 aliphatic rings. The average Bonchev–Trinajstić information content (AvgIpc) is 3.59. The van der Waals surface area contributed by atoms with Gasteiger partial charge < -0.3 is 24.0 Å². The van der Waals surface area contributed by atoms with E-state index in [4.69, 9.17) is 14.2 Å². The highest BCUT2D eigenvalue weighted by molar-refractivity contribution is 7.10. The monoisotopic (exact) mass is 553 g/mol. The molecule has 3 heterocycles. The normalized spacial score (nSPS) is 14.8. The Bertz CT molecular complexity index is 1290. The second kappa shape index (κ2) is 12.6. The number of carbonyl (C=O) groups is 2. The highest BCUT2D eigenvalue weighted by Crippen LogP contribution is 2.33. The zero-order valence-corrected chi connectivity index (χ0v) is 22.8. The van der Waals surface area contributed by atoms with Gasteiger partial charge in [-0.05, 0) is 65.9 Å². The fourth-order valence-electron chi connectivity index (χ4n) is 4.61. The van der Waals surface area contributed by atoms with E-state index in [1.807, 2.05) is 36.6 Å². The van der Waals surface area contributed by atoms with Crippen LogP contribution in [0.25, 0.3) is 0 Å². The number of ether oxygens (including phenoxy) is 3. The molecule has 0 spiro atoms. The van der Waals surface area contributed by atoms with Crippen LogP contribution in [-0.2, 0) is 22.6 Å². The minimum absolute atomic E-state index is 0.0878. The van der Waals surface area contributed by atoms with Gasteiger partial charge in [-0.1, -0.05) is 6.07 Å². The smallest absolute Gasteiger partial charge is 0.254 e. The summed E-state index contributed by atoms with van der Waals surface area (Å²) in [6.45, 7) is 6.75. The summed E-state index contributed by atoms with van der Waals surface area (Å²) in [5.74, 6) is 0.462. The Morgan fingerprint density at radius 3 is 2.49 bits per heavy atom. The number of morpholine rings is 1. The van der Waals surface area contributed by atoms with Crippen LogP contribution in [0.2, 0.25) is 0 Å². The lowest BCUT2D eigenvalue weighted by molar-refractivity contribution is -0.133. The van der Waals surface area contributed by atoms with Crippen molar-refractivity contribution in [3.63, 3.8) is 0 Å². The maximum Gasteiger partial charge on any atom is 0.254 e. The number of hydrogen-bond donors (Lipinski definition) is 0. The molecule has 0 bridgehead atoms. The number of halogens is 1. The summed E-state index contributed by atoms with van der Waals surface area (Å²) < 4.78 is 29.9. The van der Waals surface area contributed by atoms with Gasteiger partial charge in [0.1, 0.15) is 12.4 Å². The van der Waals surface area contributed by atoms with E-state index in [9.17, 15) is 14.0 Å². The quantitative estimate of drug-likeness (QED) is 0.379. The number of rotatable bonds is 10. The average molecular weight is 554 g/mol. The Morgan fingerprint density at radius 2 is 1.74 bits per heavy atom. The Balaban J connectivity index is 1.36. The zero-order chi connectivity index (χ0) is 27.2. The molecular formula is C29H32FN3O5S. The predicted molar refractivity (Wildman–Crippen MR) is 145 cm³/mol. The van der Waals surface area contributed by atoms with Gasteiger partial charge in [0.05, 0.1) is 19.8 Å². The van der Waals surface area contributed by atoms with Crippen molar-refractivity contribution >= 4 is 23.2 Å². The van der Waals surface area contributed by atoms with Gasteiger partial charge in [0.15, 0.2) is 11.5 Å². The van der Waals surface area contributed by atoms with Crippen molar-refractivity contribution in [2.45, 2.75) is 20.0 Å². The first-order valence-corrected chi connectivity index (χ1v) is 13.9. The number of fused-ring (bicyclic) bond motifs is 1. The van der Waals surface area contributed by atoms with Crippen molar-refractivity contribution in [1.82, 2.24) is 14.7 Å². The summed E-state index contributed by atoms with van der Waals surface area (Å²) in [6, 6.07) is 13.2. The molecule has 0 N–H and O–H groups in total. The van der Waals surface area contributed by atoms with Gasteiger partial charge in [-0.15, -0.1) is 11.3 Å². The summed E-state index contributed by atoms with van der Waals surface area (Å²) >= 11 is 1.61. The first kappa shape index (κ1) is 27.1. The van der Waals surface area contributed by atoms with Gasteiger partial charge in [-0.25, -0.2) is 4.39 Å². The van der Waals surface area contributed by atoms with Crippen LogP contribution in [0, 0.1) is 12.7 Å². The molecule has 1 fully saturated rings. The SMILES string of the molecule is Cc1ccsc1CN(Cc1ccc2c(c1)OCO2)C(=O)CN(CCN1CCOCC1)C(=O)c1ccc(F)cc1. The van der Waals surface area contributed by atoms with Crippen molar-refractivity contribution < 1.29 is 28.2 Å². The van der Waals surface area contributed by atoms with E-state index < -0.39 is 5.82 Å². The van der Waals surface area contributed by atoms with Crippen LogP contribution >= 0.6 is 11.3 Å². The van der Waals surface area contributed by atoms with Crippen molar-refractivity contribution in [2.75, 3.05) is 52.7 Å². The number of aryl methyl sites for hydroxylation is 1. The third-order valence-corrected chi connectivity index (χ3v) is 7.97. The topological polar surface area (TPSA) is 71.6 Å². The standard InChI is InChI=1S/C29H32FN3O5S/c1-21-8-15-39-27(21)18-33(17-22-2-7-25-26(16-22)38-20-37-25)28(34)19-32(10-9-31-11-13-36-14-12-31)29(35)23-3-5-24(30)6-4-23/h2-8,15-16H,9-14,17-20H2,1H3. The minimum atomic E-state index is -0.413. The van der Waals surface area contributed by atoms with E-state index in [0.717, 1.165) is 29.1 Å². The lowest BCUT2D eigenvalue weighted by Crippen LogP contribution is -2.47. The molecule has 10 heteroatoms. The predicted octanol–water partition coefficient (Wildman–Crippen LogP) is 3.93. The lowest BCUT2D eigenvalue weighted by atomic mass is 10.1. The highest BCUT2D eigenvalue weighted by atomic mass is 32.1. The van der Waals surface area contributed by atoms with Crippen molar-refractivity contribution in [3.8, 4) is 11.5 Å². The molecule has 0 atom stereocenters. The molecule has 1 saturated heterocycles. The van der Waals surface area contributed by atoms with Crippen LogP contribution in [0.15, 0.2) is 53.9 Å². The molecule has 39 heavy (non-hydrogen) atoms. The minimum Gasteiger partial charge on any atom is -0.454 e. The molecule has 3 aromatic rings. The largest absolute Gasteiger partial charge is 0.454 e. The second-order valence-electron chi connectivity index (χ2n) is 9.65. The van der Waals surface area contributed by atoms with Crippen LogP contribution in [0.1, 0.15) is 26.4 Å². The van der Waals surface area contributed by atoms with Crippen molar-refractivity contribution in [3.05, 3.63) is 81.3 Å². The van der Waals surface area contributed by atoms with Crippen molar-refractivity contribution in [2.24, 2.45) is 0 Å². The van der Waals surface area contributed by atoms with Crippen LogP contribution in [0.5, 0.6) is 11.5 Å². The van der Waals surface area contributed by atoms with Gasteiger partial charge in [0, 0.05) is 43.2 Å². The summed E-state index contributed by atoms with van der Waals surface area (Å²) in [4.78, 5) is 34.0. The van der Waals surface area contributed by atoms with Gasteiger partial charge in [0.25, 0.3) is 5.91 Å².